The number of ether oxygens (including phenoxy) is 1. The smallest absolute Gasteiger partial charge is 0.241 e. The number of nitrogens with one attached hydrogen (secondary N) is 1. The Kier molecular flexibility index (Phi) is 9.90. The van der Waals surface area contributed by atoms with Gasteiger partial charge in [0.1, 0.15) is 5.54 Å². The third-order valence-corrected chi connectivity index (χ3v) is 6.57. The quantitative estimate of drug-likeness (QED) is 0.671. The molecule has 0 bridgehead atoms. The number of benzene rings is 1. The van der Waals surface area contributed by atoms with Gasteiger partial charge in [-0.1, -0.05) is 44.5 Å². The molecule has 2 atom stereocenters. The molecule has 2 aliphatic rings. The average Bonchev–Trinajstić information content (AvgIpc) is 2.67. The van der Waals surface area contributed by atoms with Gasteiger partial charge in [-0.25, -0.2) is 0 Å². The predicted octanol–water partition coefficient (Wildman–Crippen LogP) is 3.66. The number of nitrogens with zero attached hydrogens (tertiary/aromatic N) is 1. The van der Waals surface area contributed by atoms with Gasteiger partial charge in [-0.15, -0.1) is 24.8 Å². The van der Waals surface area contributed by atoms with Crippen molar-refractivity contribution in [2.75, 3.05) is 19.7 Å². The van der Waals surface area contributed by atoms with Gasteiger partial charge in [0.25, 0.3) is 0 Å². The molecule has 1 aromatic rings. The largest absolute Gasteiger partial charge is 0.378 e. The maximum absolute atomic E-state index is 12.7. The molecule has 0 spiro atoms. The number of piperidine rings is 1. The molecule has 0 radical (unpaired) electrons. The third kappa shape index (κ3) is 5.65. The van der Waals surface area contributed by atoms with Crippen LogP contribution in [0.1, 0.15) is 57.6 Å². The standard InChI is InChI=1S/C22H35N3O2.2ClH/c1-4-27-19-14-22(23,21(19,2)3)20(26)24-15-17-8-10-18(11-9-17)16-25-12-6-5-7-13-25;;/h8-11,19H,4-7,12-16,23H2,1-3H3,(H,24,26);2*1H. The monoisotopic (exact) mass is 445 g/mol. The first kappa shape index (κ1) is 26.2. The van der Waals surface area contributed by atoms with E-state index in [1.807, 2.05) is 20.8 Å². The van der Waals surface area contributed by atoms with E-state index in [2.05, 4.69) is 34.5 Å². The molecule has 7 heteroatoms. The number of carbonyl (C=O) groups excluding carboxylic acids is 1. The van der Waals surface area contributed by atoms with Crippen molar-refractivity contribution in [3.05, 3.63) is 35.4 Å². The molecule has 1 aliphatic heterocycles. The van der Waals surface area contributed by atoms with Crippen LogP contribution in [0.4, 0.5) is 0 Å². The first-order valence-electron chi connectivity index (χ1n) is 10.4. The Morgan fingerprint density at radius 1 is 1.14 bits per heavy atom. The molecular formula is C22H37Cl2N3O2. The van der Waals surface area contributed by atoms with Crippen molar-refractivity contribution in [2.24, 2.45) is 11.1 Å². The van der Waals surface area contributed by atoms with Crippen LogP contribution in [0.25, 0.3) is 0 Å². The molecule has 1 saturated heterocycles. The van der Waals surface area contributed by atoms with Crippen LogP contribution in [0.5, 0.6) is 0 Å². The topological polar surface area (TPSA) is 67.6 Å². The molecule has 2 unspecified atom stereocenters. The Morgan fingerprint density at radius 2 is 1.72 bits per heavy atom. The van der Waals surface area contributed by atoms with Gasteiger partial charge in [0, 0.05) is 31.5 Å². The van der Waals surface area contributed by atoms with E-state index in [1.165, 1.54) is 37.9 Å². The van der Waals surface area contributed by atoms with Gasteiger partial charge in [0.05, 0.1) is 6.10 Å². The van der Waals surface area contributed by atoms with Gasteiger partial charge >= 0.3 is 0 Å². The molecule has 1 aliphatic carbocycles. The van der Waals surface area contributed by atoms with Crippen LogP contribution in [0.3, 0.4) is 0 Å². The maximum atomic E-state index is 12.7. The lowest BCUT2D eigenvalue weighted by atomic mass is 9.54. The van der Waals surface area contributed by atoms with Crippen molar-refractivity contribution in [3.63, 3.8) is 0 Å². The highest BCUT2D eigenvalue weighted by molar-refractivity contribution is 5.88. The minimum atomic E-state index is -0.860. The van der Waals surface area contributed by atoms with Crippen LogP contribution in [-0.2, 0) is 22.6 Å². The number of halogens is 2. The van der Waals surface area contributed by atoms with Crippen LogP contribution in [0.2, 0.25) is 0 Å². The second kappa shape index (κ2) is 11.0. The summed E-state index contributed by atoms with van der Waals surface area (Å²) in [6.07, 6.45) is 4.61. The highest BCUT2D eigenvalue weighted by Gasteiger charge is 2.62. The molecular weight excluding hydrogens is 409 g/mol. The highest BCUT2D eigenvalue weighted by Crippen LogP contribution is 2.49. The fourth-order valence-electron chi connectivity index (χ4n) is 4.30. The Labute approximate surface area is 187 Å². The van der Waals surface area contributed by atoms with E-state index in [0.717, 1.165) is 12.1 Å². The van der Waals surface area contributed by atoms with Crippen molar-refractivity contribution in [1.29, 1.82) is 0 Å². The predicted molar refractivity (Wildman–Crippen MR) is 123 cm³/mol. The van der Waals surface area contributed by atoms with E-state index in [9.17, 15) is 4.79 Å². The van der Waals surface area contributed by atoms with E-state index >= 15 is 0 Å². The summed E-state index contributed by atoms with van der Waals surface area (Å²) < 4.78 is 5.71. The van der Waals surface area contributed by atoms with Crippen molar-refractivity contribution < 1.29 is 9.53 Å². The molecule has 2 fully saturated rings. The van der Waals surface area contributed by atoms with Gasteiger partial charge < -0.3 is 15.8 Å². The zero-order chi connectivity index (χ0) is 19.5. The first-order chi connectivity index (χ1) is 12.9. The van der Waals surface area contributed by atoms with Crippen LogP contribution in [0, 0.1) is 5.41 Å². The van der Waals surface area contributed by atoms with Crippen molar-refractivity contribution in [1.82, 2.24) is 10.2 Å². The lowest BCUT2D eigenvalue weighted by Crippen LogP contribution is -2.75. The molecule has 3 N–H and O–H groups in total. The Balaban J connectivity index is 0.00000210. The number of likely N-dealkylation sites (tertiary alicyclic amines) is 1. The molecule has 3 rings (SSSR count). The lowest BCUT2D eigenvalue weighted by Gasteiger charge is -2.57. The van der Waals surface area contributed by atoms with Crippen LogP contribution in [-0.4, -0.2) is 42.1 Å². The van der Waals surface area contributed by atoms with Gasteiger partial charge in [0.2, 0.25) is 5.91 Å². The fourth-order valence-corrected chi connectivity index (χ4v) is 4.30. The summed E-state index contributed by atoms with van der Waals surface area (Å²) in [4.78, 5) is 15.2. The maximum Gasteiger partial charge on any atom is 0.241 e. The lowest BCUT2D eigenvalue weighted by molar-refractivity contribution is -0.170. The Bertz CT molecular complexity index is 648. The van der Waals surface area contributed by atoms with E-state index in [0.29, 0.717) is 19.6 Å². The molecule has 1 amide bonds. The number of hydrogen-bond acceptors (Lipinski definition) is 4. The molecule has 29 heavy (non-hydrogen) atoms. The SMILES string of the molecule is CCOC1CC(N)(C(=O)NCc2ccc(CN3CCCCC3)cc2)C1(C)C.Cl.Cl. The van der Waals surface area contributed by atoms with Gasteiger partial charge in [0.15, 0.2) is 0 Å². The Hall–Kier alpha value is -0.850. The van der Waals surface area contributed by atoms with Crippen LogP contribution >= 0.6 is 24.8 Å². The van der Waals surface area contributed by atoms with E-state index in [1.54, 1.807) is 0 Å². The van der Waals surface area contributed by atoms with Gasteiger partial charge in [-0.2, -0.15) is 0 Å². The van der Waals surface area contributed by atoms with E-state index in [4.69, 9.17) is 10.5 Å². The molecule has 5 nitrogen and oxygen atoms in total. The summed E-state index contributed by atoms with van der Waals surface area (Å²) in [5, 5.41) is 3.03. The Morgan fingerprint density at radius 3 is 2.28 bits per heavy atom. The molecule has 1 heterocycles. The number of carbonyl (C=O) groups is 1. The number of rotatable bonds is 7. The summed E-state index contributed by atoms with van der Waals surface area (Å²) in [6, 6.07) is 8.56. The summed E-state index contributed by atoms with van der Waals surface area (Å²) in [7, 11) is 0. The number of hydrogen-bond donors (Lipinski definition) is 2. The third-order valence-electron chi connectivity index (χ3n) is 6.57. The fraction of sp³-hybridized carbons (Fsp3) is 0.682. The van der Waals surface area contributed by atoms with Crippen LogP contribution in [0.15, 0.2) is 24.3 Å². The zero-order valence-corrected chi connectivity index (χ0v) is 19.5. The van der Waals surface area contributed by atoms with Crippen LogP contribution < -0.4 is 11.1 Å². The number of amides is 1. The minimum Gasteiger partial charge on any atom is -0.378 e. The van der Waals surface area contributed by atoms with Gasteiger partial charge in [-0.3, -0.25) is 9.69 Å². The second-order valence-corrected chi connectivity index (χ2v) is 8.68. The van der Waals surface area contributed by atoms with Crippen molar-refractivity contribution in [2.45, 2.75) is 71.2 Å². The number of nitrogens with two attached hydrogens (primary N) is 1. The molecule has 1 saturated carbocycles. The average molecular weight is 446 g/mol. The van der Waals surface area contributed by atoms with E-state index < -0.39 is 5.54 Å². The second-order valence-electron chi connectivity index (χ2n) is 8.68. The van der Waals surface area contributed by atoms with E-state index in [-0.39, 0.29) is 42.2 Å². The summed E-state index contributed by atoms with van der Waals surface area (Å²) >= 11 is 0. The molecule has 0 aromatic heterocycles. The zero-order valence-electron chi connectivity index (χ0n) is 17.9. The van der Waals surface area contributed by atoms with Crippen molar-refractivity contribution in [3.8, 4) is 0 Å². The normalized spacial score (nSPS) is 25.9. The van der Waals surface area contributed by atoms with Gasteiger partial charge in [-0.05, 0) is 44.0 Å². The molecule has 166 valence electrons. The molecule has 1 aromatic carbocycles. The summed E-state index contributed by atoms with van der Waals surface area (Å²) in [5.74, 6) is -0.0825. The highest BCUT2D eigenvalue weighted by atomic mass is 35.5. The summed E-state index contributed by atoms with van der Waals surface area (Å²) in [5.41, 5.74) is 7.66. The summed E-state index contributed by atoms with van der Waals surface area (Å²) in [6.45, 7) is 10.6. The minimum absolute atomic E-state index is 0. The van der Waals surface area contributed by atoms with Crippen molar-refractivity contribution >= 4 is 30.7 Å². The first-order valence-corrected chi connectivity index (χ1v) is 10.4.